The Morgan fingerprint density at radius 3 is 2.32 bits per heavy atom. The molecule has 4 N–H and O–H groups in total. The molecule has 1 atom stereocenters. The molecule has 0 amide bonds. The van der Waals surface area contributed by atoms with Crippen LogP contribution in [0.25, 0.3) is 0 Å². The van der Waals surface area contributed by atoms with Gasteiger partial charge in [-0.2, -0.15) is 0 Å². The maximum Gasteiger partial charge on any atom is 0.171 e. The molecule has 1 aromatic carbocycles. The van der Waals surface area contributed by atoms with Gasteiger partial charge in [-0.15, -0.1) is 11.3 Å². The van der Waals surface area contributed by atoms with Crippen molar-refractivity contribution in [1.82, 2.24) is 5.32 Å². The molecule has 1 saturated heterocycles. The van der Waals surface area contributed by atoms with Crippen LogP contribution in [0.3, 0.4) is 0 Å². The lowest BCUT2D eigenvalue weighted by molar-refractivity contribution is -1.02. The van der Waals surface area contributed by atoms with Crippen LogP contribution in [0.4, 0.5) is 5.69 Å². The first-order chi connectivity index (χ1) is 13.6. The third-order valence-electron chi connectivity index (χ3n) is 5.83. The molecule has 28 heavy (non-hydrogen) atoms. The smallest absolute Gasteiger partial charge is 0.171 e. The predicted molar refractivity (Wildman–Crippen MR) is 124 cm³/mol. The highest BCUT2D eigenvalue weighted by Gasteiger charge is 2.30. The first-order valence-electron chi connectivity index (χ1n) is 10.5. The first-order valence-corrected chi connectivity index (χ1v) is 11.8. The zero-order valence-corrected chi connectivity index (χ0v) is 18.9. The normalized spacial score (nSPS) is 20.5. The van der Waals surface area contributed by atoms with Gasteiger partial charge in [0.2, 0.25) is 0 Å². The number of quaternary nitrogens is 2. The highest BCUT2D eigenvalue weighted by molar-refractivity contribution is 7.80. The third kappa shape index (κ3) is 5.32. The van der Waals surface area contributed by atoms with Gasteiger partial charge in [0.25, 0.3) is 0 Å². The maximum absolute atomic E-state index is 5.69. The number of para-hydroxylation sites is 1. The molecule has 3 rings (SSSR count). The number of hydrogen-bond acceptors (Lipinski definition) is 2. The molecule has 0 bridgehead atoms. The summed E-state index contributed by atoms with van der Waals surface area (Å²) in [7, 11) is 2.30. The number of aryl methyl sites for hydroxylation is 2. The summed E-state index contributed by atoms with van der Waals surface area (Å²) in [6.45, 7) is 10.2. The van der Waals surface area contributed by atoms with Crippen LogP contribution in [0, 0.1) is 0 Å². The number of anilines is 1. The van der Waals surface area contributed by atoms with Gasteiger partial charge in [-0.1, -0.05) is 38.1 Å². The van der Waals surface area contributed by atoms with Crippen LogP contribution in [0.15, 0.2) is 35.7 Å². The number of likely N-dealkylation sites (N-methyl/N-ethyl adjacent to an activating group) is 1. The van der Waals surface area contributed by atoms with Crippen molar-refractivity contribution < 1.29 is 9.80 Å². The van der Waals surface area contributed by atoms with Gasteiger partial charge in [-0.25, -0.2) is 0 Å². The zero-order valence-electron chi connectivity index (χ0n) is 17.3. The molecule has 152 valence electrons. The second kappa shape index (κ2) is 10.3. The number of thiophene rings is 1. The second-order valence-corrected chi connectivity index (χ2v) is 9.06. The van der Waals surface area contributed by atoms with Gasteiger partial charge in [0.1, 0.15) is 32.2 Å². The number of piperazine rings is 1. The molecule has 6 heteroatoms. The van der Waals surface area contributed by atoms with E-state index in [0.717, 1.165) is 24.5 Å². The Balaban J connectivity index is 1.66. The zero-order chi connectivity index (χ0) is 19.9. The molecule has 0 aliphatic carbocycles. The molecule has 1 aliphatic rings. The monoisotopic (exact) mass is 418 g/mol. The van der Waals surface area contributed by atoms with Gasteiger partial charge in [-0.3, -0.25) is 0 Å². The Bertz CT molecular complexity index is 730. The van der Waals surface area contributed by atoms with Crippen LogP contribution in [0.2, 0.25) is 0 Å². The highest BCUT2D eigenvalue weighted by Crippen LogP contribution is 2.22. The molecule has 2 heterocycles. The molecule has 0 spiro atoms. The Kier molecular flexibility index (Phi) is 7.85. The maximum atomic E-state index is 5.69. The summed E-state index contributed by atoms with van der Waals surface area (Å²) in [5, 5.41) is 9.95. The predicted octanol–water partition coefficient (Wildman–Crippen LogP) is 1.31. The lowest BCUT2D eigenvalue weighted by Crippen LogP contribution is -3.27. The van der Waals surface area contributed by atoms with Crippen LogP contribution in [-0.2, 0) is 12.8 Å². The minimum Gasteiger partial charge on any atom is -0.356 e. The Morgan fingerprint density at radius 2 is 1.75 bits per heavy atom. The van der Waals surface area contributed by atoms with Gasteiger partial charge in [0.15, 0.2) is 5.11 Å². The summed E-state index contributed by atoms with van der Waals surface area (Å²) in [6, 6.07) is 11.4. The van der Waals surface area contributed by atoms with Crippen molar-refractivity contribution in [2.75, 3.05) is 45.1 Å². The van der Waals surface area contributed by atoms with E-state index in [0.29, 0.717) is 6.04 Å². The fourth-order valence-electron chi connectivity index (χ4n) is 4.04. The molecule has 0 saturated carbocycles. The van der Waals surface area contributed by atoms with Crippen molar-refractivity contribution in [3.05, 3.63) is 51.7 Å². The molecule has 4 nitrogen and oxygen atoms in total. The summed E-state index contributed by atoms with van der Waals surface area (Å²) in [6.07, 6.45) is 2.01. The quantitative estimate of drug-likeness (QED) is 0.512. The number of thiocarbonyl (C=S) groups is 1. The van der Waals surface area contributed by atoms with Gasteiger partial charge in [0.05, 0.1) is 18.5 Å². The largest absolute Gasteiger partial charge is 0.356 e. The lowest BCUT2D eigenvalue weighted by atomic mass is 10.0. The van der Waals surface area contributed by atoms with Crippen molar-refractivity contribution >= 4 is 34.4 Å². The average molecular weight is 419 g/mol. The second-order valence-electron chi connectivity index (χ2n) is 7.68. The van der Waals surface area contributed by atoms with Crippen LogP contribution in [-0.4, -0.2) is 44.9 Å². The van der Waals surface area contributed by atoms with Gasteiger partial charge < -0.3 is 20.4 Å². The van der Waals surface area contributed by atoms with Crippen molar-refractivity contribution in [1.29, 1.82) is 0 Å². The third-order valence-corrected chi connectivity index (χ3v) is 7.06. The van der Waals surface area contributed by atoms with E-state index in [-0.39, 0.29) is 0 Å². The first kappa shape index (κ1) is 21.2. The average Bonchev–Trinajstić information content (AvgIpc) is 3.24. The summed E-state index contributed by atoms with van der Waals surface area (Å²) >= 11 is 7.55. The van der Waals surface area contributed by atoms with Crippen LogP contribution >= 0.6 is 23.6 Å². The molecular formula is C22H34N4S2+2. The van der Waals surface area contributed by atoms with Crippen molar-refractivity contribution in [3.8, 4) is 0 Å². The number of nitrogens with one attached hydrogen (secondary N) is 4. The van der Waals surface area contributed by atoms with Crippen LogP contribution in [0.1, 0.15) is 35.9 Å². The molecule has 2 aromatic rings. The van der Waals surface area contributed by atoms with E-state index >= 15 is 0 Å². The van der Waals surface area contributed by atoms with Crippen LogP contribution in [0.5, 0.6) is 0 Å². The van der Waals surface area contributed by atoms with E-state index in [1.165, 1.54) is 47.9 Å². The topological polar surface area (TPSA) is 32.9 Å². The van der Waals surface area contributed by atoms with Crippen molar-refractivity contribution in [2.24, 2.45) is 0 Å². The molecule has 0 radical (unpaired) electrons. The minimum absolute atomic E-state index is 0.458. The van der Waals surface area contributed by atoms with Gasteiger partial charge in [0, 0.05) is 5.69 Å². The van der Waals surface area contributed by atoms with E-state index in [9.17, 15) is 0 Å². The van der Waals surface area contributed by atoms with E-state index in [1.54, 1.807) is 9.80 Å². The van der Waals surface area contributed by atoms with E-state index in [2.05, 4.69) is 67.2 Å². The Morgan fingerprint density at radius 1 is 1.07 bits per heavy atom. The number of rotatable bonds is 7. The summed E-state index contributed by atoms with van der Waals surface area (Å²) < 4.78 is 0. The number of hydrogen-bond donors (Lipinski definition) is 4. The van der Waals surface area contributed by atoms with E-state index in [4.69, 9.17) is 12.2 Å². The fraction of sp³-hybridized carbons (Fsp3) is 0.500. The van der Waals surface area contributed by atoms with Gasteiger partial charge >= 0.3 is 0 Å². The Hall–Kier alpha value is -1.47. The SMILES string of the molecule is CCc1cccc(CC)c1NC(=S)NC[C@H](c1cccs1)[NH+]1CC[NH+](C)CC1. The molecule has 1 fully saturated rings. The molecular weight excluding hydrogens is 384 g/mol. The van der Waals surface area contributed by atoms with E-state index < -0.39 is 0 Å². The van der Waals surface area contributed by atoms with Gasteiger partial charge in [-0.05, 0) is 47.6 Å². The lowest BCUT2D eigenvalue weighted by Gasteiger charge is -2.33. The van der Waals surface area contributed by atoms with Crippen molar-refractivity contribution in [2.45, 2.75) is 32.7 Å². The summed E-state index contributed by atoms with van der Waals surface area (Å²) in [5.74, 6) is 0. The number of benzene rings is 1. The molecule has 1 aromatic heterocycles. The molecule has 1 aliphatic heterocycles. The Labute approximate surface area is 178 Å². The fourth-order valence-corrected chi connectivity index (χ4v) is 5.11. The van der Waals surface area contributed by atoms with Crippen molar-refractivity contribution in [3.63, 3.8) is 0 Å². The summed E-state index contributed by atoms with van der Waals surface area (Å²) in [4.78, 5) is 4.77. The highest BCUT2D eigenvalue weighted by atomic mass is 32.1. The minimum atomic E-state index is 0.458. The standard InChI is InChI=1S/C22H32N4S2/c1-4-17-8-6-9-18(5-2)21(17)24-22(27)23-16-19(20-10-7-15-28-20)26-13-11-25(3)12-14-26/h6-10,15,19H,4-5,11-14,16H2,1-3H3,(H2,23,24,27)/p+2/t19-/m1/s1. The van der Waals surface area contributed by atoms with E-state index in [1.807, 2.05) is 11.3 Å². The summed E-state index contributed by atoms with van der Waals surface area (Å²) in [5.41, 5.74) is 3.84. The molecule has 0 unspecified atom stereocenters. The van der Waals surface area contributed by atoms with Crippen LogP contribution < -0.4 is 20.4 Å².